The molecule has 2 bridgehead atoms. The van der Waals surface area contributed by atoms with Crippen LogP contribution < -0.4 is 0 Å². The predicted molar refractivity (Wildman–Crippen MR) is 42.1 cm³/mol. The molecule has 0 aromatic rings. The van der Waals surface area contributed by atoms with Crippen molar-refractivity contribution < 1.29 is 4.80 Å². The Bertz CT molecular complexity index is 99.5. The van der Waals surface area contributed by atoms with Crippen molar-refractivity contribution in [3.63, 3.8) is 0 Å². The van der Waals surface area contributed by atoms with Crippen LogP contribution in [0.25, 0.3) is 0 Å². The van der Waals surface area contributed by atoms with E-state index in [0.29, 0.717) is 10.5 Å². The third-order valence-corrected chi connectivity index (χ3v) is 2.17. The fraction of sp³-hybridized carbons (Fsp3) is 0.714. The summed E-state index contributed by atoms with van der Waals surface area (Å²) in [5.74, 6) is 1.98. The number of rotatable bonds is 0. The molecule has 2 unspecified atom stereocenters. The molecular weight excluding hydrogens is 128 g/mol. The summed E-state index contributed by atoms with van der Waals surface area (Å²) in [6.45, 7) is 0. The Morgan fingerprint density at radius 3 is 1.67 bits per heavy atom. The molecule has 2 rings (SSSR count). The maximum Gasteiger partial charge on any atom is 0.141 e. The van der Waals surface area contributed by atoms with E-state index < -0.39 is 0 Å². The molecule has 0 aromatic carbocycles. The summed E-state index contributed by atoms with van der Waals surface area (Å²) in [6.07, 6.45) is 9.19. The van der Waals surface area contributed by atoms with Gasteiger partial charge in [0.2, 0.25) is 0 Å². The standard InChI is InChI=1S/C7H10.H4OSi/c1-2-7-4-3-6(1)5-7;1-2/h1-2,6-7H,3-5H2;1H,2H3. The molecular formula is C7H14OSi. The molecule has 0 aliphatic heterocycles. The molecule has 1 saturated carbocycles. The van der Waals surface area contributed by atoms with Crippen molar-refractivity contribution in [2.45, 2.75) is 19.3 Å². The Morgan fingerprint density at radius 2 is 1.56 bits per heavy atom. The first-order chi connectivity index (χ1) is 4.45. The van der Waals surface area contributed by atoms with Gasteiger partial charge in [-0.25, -0.2) is 0 Å². The molecule has 1 nitrogen and oxygen atoms in total. The molecule has 0 amide bonds. The summed E-state index contributed by atoms with van der Waals surface area (Å²) in [5, 5.41) is 0. The average Bonchev–Trinajstić information content (AvgIpc) is 2.53. The van der Waals surface area contributed by atoms with Crippen LogP contribution in [-0.4, -0.2) is 15.3 Å². The lowest BCUT2D eigenvalue weighted by atomic mass is 10.1. The van der Waals surface area contributed by atoms with Gasteiger partial charge in [-0.1, -0.05) is 12.2 Å². The summed E-state index contributed by atoms with van der Waals surface area (Å²) in [6, 6.07) is 0. The Hall–Kier alpha value is -0.0831. The average molecular weight is 142 g/mol. The van der Waals surface area contributed by atoms with Gasteiger partial charge < -0.3 is 4.80 Å². The summed E-state index contributed by atoms with van der Waals surface area (Å²) >= 11 is 0. The van der Waals surface area contributed by atoms with Crippen LogP contribution in [0.3, 0.4) is 0 Å². The van der Waals surface area contributed by atoms with E-state index in [0.717, 1.165) is 11.8 Å². The molecule has 2 aliphatic carbocycles. The monoisotopic (exact) mass is 142 g/mol. The van der Waals surface area contributed by atoms with Gasteiger partial charge in [0, 0.05) is 0 Å². The molecule has 2 atom stereocenters. The van der Waals surface area contributed by atoms with Gasteiger partial charge in [-0.05, 0) is 31.1 Å². The second kappa shape index (κ2) is 3.18. The van der Waals surface area contributed by atoms with E-state index >= 15 is 0 Å². The van der Waals surface area contributed by atoms with Gasteiger partial charge in [0.15, 0.2) is 0 Å². The molecule has 0 saturated heterocycles. The minimum atomic E-state index is 0.306. The zero-order valence-electron chi connectivity index (χ0n) is 5.88. The van der Waals surface area contributed by atoms with E-state index in [4.69, 9.17) is 4.80 Å². The molecule has 0 radical (unpaired) electrons. The highest BCUT2D eigenvalue weighted by molar-refractivity contribution is 5.95. The van der Waals surface area contributed by atoms with Gasteiger partial charge in [-0.2, -0.15) is 0 Å². The molecule has 2 aliphatic rings. The fourth-order valence-corrected chi connectivity index (χ4v) is 1.72. The van der Waals surface area contributed by atoms with Gasteiger partial charge >= 0.3 is 0 Å². The van der Waals surface area contributed by atoms with Gasteiger partial charge in [-0.3, -0.25) is 0 Å². The summed E-state index contributed by atoms with van der Waals surface area (Å²) < 4.78 is 0. The third-order valence-electron chi connectivity index (χ3n) is 2.17. The molecule has 2 heteroatoms. The second-order valence-corrected chi connectivity index (χ2v) is 2.72. The van der Waals surface area contributed by atoms with Crippen molar-refractivity contribution in [1.29, 1.82) is 0 Å². The minimum absolute atomic E-state index is 0.306. The van der Waals surface area contributed by atoms with Crippen LogP contribution in [0.4, 0.5) is 0 Å². The zero-order valence-corrected chi connectivity index (χ0v) is 7.88. The van der Waals surface area contributed by atoms with Crippen molar-refractivity contribution in [3.05, 3.63) is 12.2 Å². The van der Waals surface area contributed by atoms with E-state index in [-0.39, 0.29) is 0 Å². The van der Waals surface area contributed by atoms with Gasteiger partial charge in [-0.15, -0.1) is 0 Å². The van der Waals surface area contributed by atoms with E-state index in [1.165, 1.54) is 19.3 Å². The molecule has 52 valence electrons. The number of hydrogen-bond acceptors (Lipinski definition) is 1. The van der Waals surface area contributed by atoms with Crippen molar-refractivity contribution in [3.8, 4) is 0 Å². The van der Waals surface area contributed by atoms with Crippen molar-refractivity contribution in [1.82, 2.24) is 0 Å². The largest absolute Gasteiger partial charge is 0.442 e. The van der Waals surface area contributed by atoms with Gasteiger partial charge in [0.05, 0.1) is 0 Å². The quantitative estimate of drug-likeness (QED) is 0.379. The normalized spacial score (nSPS) is 36.6. The second-order valence-electron chi connectivity index (χ2n) is 2.72. The van der Waals surface area contributed by atoms with Crippen LogP contribution in [0.2, 0.25) is 0 Å². The Kier molecular flexibility index (Phi) is 2.48. The third kappa shape index (κ3) is 1.43. The van der Waals surface area contributed by atoms with Crippen LogP contribution in [0.5, 0.6) is 0 Å². The highest BCUT2D eigenvalue weighted by atomic mass is 28.2. The van der Waals surface area contributed by atoms with Crippen LogP contribution in [0.15, 0.2) is 12.2 Å². The van der Waals surface area contributed by atoms with Crippen LogP contribution in [-0.2, 0) is 0 Å². The Labute approximate surface area is 59.3 Å². The van der Waals surface area contributed by atoms with Crippen LogP contribution >= 0.6 is 0 Å². The highest BCUT2D eigenvalue weighted by Gasteiger charge is 2.25. The highest BCUT2D eigenvalue weighted by Crippen LogP contribution is 2.38. The molecule has 0 aromatic heterocycles. The predicted octanol–water partition coefficient (Wildman–Crippen LogP) is 0.232. The summed E-state index contributed by atoms with van der Waals surface area (Å²) in [7, 11) is 0.306. The van der Waals surface area contributed by atoms with E-state index in [2.05, 4.69) is 12.2 Å². The molecule has 1 N–H and O–H groups in total. The SMILES string of the molecule is C1=CC2CCC1C2.O[SiH3]. The maximum atomic E-state index is 7.14. The molecule has 9 heavy (non-hydrogen) atoms. The lowest BCUT2D eigenvalue weighted by Crippen LogP contribution is -1.82. The summed E-state index contributed by atoms with van der Waals surface area (Å²) in [5.41, 5.74) is 0. The molecule has 1 fully saturated rings. The van der Waals surface area contributed by atoms with Crippen molar-refractivity contribution >= 4 is 10.5 Å². The number of hydrogen-bond donors (Lipinski definition) is 1. The minimum Gasteiger partial charge on any atom is -0.442 e. The molecule has 0 heterocycles. The van der Waals surface area contributed by atoms with Gasteiger partial charge in [0.25, 0.3) is 0 Å². The zero-order chi connectivity index (χ0) is 6.69. The first-order valence-electron chi connectivity index (χ1n) is 3.58. The van der Waals surface area contributed by atoms with Gasteiger partial charge in [0.1, 0.15) is 10.5 Å². The number of allylic oxidation sites excluding steroid dienone is 2. The first kappa shape index (κ1) is 7.03. The number of fused-ring (bicyclic) bond motifs is 2. The molecule has 0 spiro atoms. The van der Waals surface area contributed by atoms with E-state index in [1.54, 1.807) is 0 Å². The Balaban J connectivity index is 0.000000186. The Morgan fingerprint density at radius 1 is 1.11 bits per heavy atom. The van der Waals surface area contributed by atoms with Crippen LogP contribution in [0.1, 0.15) is 19.3 Å². The summed E-state index contributed by atoms with van der Waals surface area (Å²) in [4.78, 5) is 7.14. The lowest BCUT2D eigenvalue weighted by molar-refractivity contribution is 0.629. The topological polar surface area (TPSA) is 20.2 Å². The van der Waals surface area contributed by atoms with Crippen molar-refractivity contribution in [2.24, 2.45) is 11.8 Å². The maximum absolute atomic E-state index is 7.14. The van der Waals surface area contributed by atoms with E-state index in [9.17, 15) is 0 Å². The fourth-order valence-electron chi connectivity index (χ4n) is 1.72. The smallest absolute Gasteiger partial charge is 0.141 e. The van der Waals surface area contributed by atoms with Crippen LogP contribution in [0, 0.1) is 11.8 Å². The van der Waals surface area contributed by atoms with Crippen molar-refractivity contribution in [2.75, 3.05) is 0 Å². The van der Waals surface area contributed by atoms with E-state index in [1.807, 2.05) is 0 Å². The lowest BCUT2D eigenvalue weighted by Gasteiger charge is -1.96. The first-order valence-corrected chi connectivity index (χ1v) is 4.47.